The number of amides is 1. The molecule has 1 atom stereocenters. The van der Waals surface area contributed by atoms with Crippen LogP contribution in [0.4, 0.5) is 0 Å². The van der Waals surface area contributed by atoms with Gasteiger partial charge in [-0.25, -0.2) is 0 Å². The van der Waals surface area contributed by atoms with Gasteiger partial charge in [-0.05, 0) is 32.7 Å². The number of nitrogens with two attached hydrogens (primary N) is 1. The second kappa shape index (κ2) is 6.91. The van der Waals surface area contributed by atoms with Gasteiger partial charge in [-0.1, -0.05) is 19.1 Å². The van der Waals surface area contributed by atoms with E-state index >= 15 is 0 Å². The fourth-order valence-corrected chi connectivity index (χ4v) is 2.42. The highest BCUT2D eigenvalue weighted by atomic mass is 32.1. The van der Waals surface area contributed by atoms with Crippen molar-refractivity contribution >= 4 is 23.1 Å². The van der Waals surface area contributed by atoms with E-state index in [1.807, 2.05) is 23.6 Å². The molecule has 0 bridgehead atoms. The fourth-order valence-electron chi connectivity index (χ4n) is 2.26. The highest BCUT2D eigenvalue weighted by Crippen LogP contribution is 2.12. The maximum absolute atomic E-state index is 12.3. The Morgan fingerprint density at radius 2 is 2.00 bits per heavy atom. The first kappa shape index (κ1) is 14.4. The third-order valence-electron chi connectivity index (χ3n) is 3.34. The summed E-state index contributed by atoms with van der Waals surface area (Å²) in [7, 11) is 0. The lowest BCUT2D eigenvalue weighted by atomic mass is 10.1. The number of piperidine rings is 1. The van der Waals surface area contributed by atoms with E-state index in [1.54, 1.807) is 0 Å². The number of likely N-dealkylation sites (N-methyl/N-ethyl adjacent to an activating group) is 1. The zero-order chi connectivity index (χ0) is 12.8. The van der Waals surface area contributed by atoms with Gasteiger partial charge in [0.2, 0.25) is 5.91 Å². The molecular weight excluding hydrogens is 234 g/mol. The summed E-state index contributed by atoms with van der Waals surface area (Å²) in [6, 6.07) is -0.125. The van der Waals surface area contributed by atoms with E-state index in [9.17, 15) is 4.79 Å². The lowest BCUT2D eigenvalue weighted by Gasteiger charge is -2.33. The predicted octanol–water partition coefficient (Wildman–Crippen LogP) is 0.995. The minimum atomic E-state index is -0.125. The second-order valence-electron chi connectivity index (χ2n) is 4.59. The Morgan fingerprint density at radius 1 is 1.41 bits per heavy atom. The first-order chi connectivity index (χ1) is 8.06. The van der Waals surface area contributed by atoms with Gasteiger partial charge in [0.1, 0.15) is 0 Å². The van der Waals surface area contributed by atoms with Crippen LogP contribution in [0, 0.1) is 0 Å². The van der Waals surface area contributed by atoms with Crippen LogP contribution in [0.1, 0.15) is 33.1 Å². The number of thiocarbonyl (C=S) groups is 1. The smallest absolute Gasteiger partial charge is 0.239 e. The maximum atomic E-state index is 12.3. The highest BCUT2D eigenvalue weighted by molar-refractivity contribution is 7.80. The molecule has 5 heteroatoms. The minimum Gasteiger partial charge on any atom is -0.392 e. The molecule has 4 nitrogen and oxygen atoms in total. The van der Waals surface area contributed by atoms with Crippen LogP contribution in [-0.2, 0) is 4.79 Å². The summed E-state index contributed by atoms with van der Waals surface area (Å²) in [5, 5.41) is 0. The molecule has 1 fully saturated rings. The van der Waals surface area contributed by atoms with Crippen molar-refractivity contribution in [3.05, 3.63) is 0 Å². The van der Waals surface area contributed by atoms with E-state index in [0.717, 1.165) is 32.5 Å². The second-order valence-corrected chi connectivity index (χ2v) is 5.12. The van der Waals surface area contributed by atoms with Gasteiger partial charge < -0.3 is 10.6 Å². The van der Waals surface area contributed by atoms with Crippen LogP contribution in [0.2, 0.25) is 0 Å². The molecule has 2 N–H and O–H groups in total. The van der Waals surface area contributed by atoms with Crippen molar-refractivity contribution in [2.24, 2.45) is 5.73 Å². The van der Waals surface area contributed by atoms with Gasteiger partial charge in [-0.3, -0.25) is 9.69 Å². The summed E-state index contributed by atoms with van der Waals surface area (Å²) in [6.07, 6.45) is 3.49. The van der Waals surface area contributed by atoms with Crippen molar-refractivity contribution in [1.82, 2.24) is 9.80 Å². The Kier molecular flexibility index (Phi) is 5.85. The Labute approximate surface area is 109 Å². The summed E-state index contributed by atoms with van der Waals surface area (Å²) in [6.45, 7) is 7.07. The maximum Gasteiger partial charge on any atom is 0.239 e. The Hall–Kier alpha value is -0.680. The monoisotopic (exact) mass is 257 g/mol. The van der Waals surface area contributed by atoms with Crippen LogP contribution in [0.3, 0.4) is 0 Å². The number of likely N-dealkylation sites (tertiary alicyclic amines) is 1. The standard InChI is InChI=1S/C12H23N3OS/c1-3-14(9-11(13)17)10(2)12(16)15-7-5-4-6-8-15/h10H,3-9H2,1-2H3,(H2,13,17). The van der Waals surface area contributed by atoms with Gasteiger partial charge >= 0.3 is 0 Å². The van der Waals surface area contributed by atoms with E-state index in [-0.39, 0.29) is 11.9 Å². The normalized spacial score (nSPS) is 18.2. The number of carbonyl (C=O) groups excluding carboxylic acids is 1. The van der Waals surface area contributed by atoms with Gasteiger partial charge in [-0.15, -0.1) is 0 Å². The molecule has 0 aliphatic carbocycles. The van der Waals surface area contributed by atoms with Gasteiger partial charge in [0.15, 0.2) is 0 Å². The lowest BCUT2D eigenvalue weighted by molar-refractivity contribution is -0.137. The Balaban J connectivity index is 2.56. The van der Waals surface area contributed by atoms with E-state index < -0.39 is 0 Å². The van der Waals surface area contributed by atoms with E-state index in [2.05, 4.69) is 0 Å². The van der Waals surface area contributed by atoms with Crippen molar-refractivity contribution in [3.63, 3.8) is 0 Å². The van der Waals surface area contributed by atoms with E-state index in [4.69, 9.17) is 18.0 Å². The van der Waals surface area contributed by atoms with Crippen molar-refractivity contribution in [2.75, 3.05) is 26.2 Å². The van der Waals surface area contributed by atoms with Gasteiger partial charge in [0.05, 0.1) is 11.0 Å². The molecule has 0 aromatic heterocycles. The van der Waals surface area contributed by atoms with E-state index in [1.165, 1.54) is 6.42 Å². The largest absolute Gasteiger partial charge is 0.392 e. The molecular formula is C12H23N3OS. The summed E-state index contributed by atoms with van der Waals surface area (Å²) >= 11 is 4.91. The zero-order valence-electron chi connectivity index (χ0n) is 10.8. The Bertz CT molecular complexity index is 277. The molecule has 1 heterocycles. The van der Waals surface area contributed by atoms with Crippen molar-refractivity contribution in [2.45, 2.75) is 39.2 Å². The fraction of sp³-hybridized carbons (Fsp3) is 0.833. The topological polar surface area (TPSA) is 49.6 Å². The van der Waals surface area contributed by atoms with Crippen LogP contribution in [0.5, 0.6) is 0 Å². The molecule has 0 radical (unpaired) electrons. The van der Waals surface area contributed by atoms with Crippen LogP contribution in [0.25, 0.3) is 0 Å². The summed E-state index contributed by atoms with van der Waals surface area (Å²) in [4.78, 5) is 16.7. The first-order valence-corrected chi connectivity index (χ1v) is 6.78. The minimum absolute atomic E-state index is 0.125. The first-order valence-electron chi connectivity index (χ1n) is 6.37. The van der Waals surface area contributed by atoms with Crippen molar-refractivity contribution in [3.8, 4) is 0 Å². The average Bonchev–Trinajstić information content (AvgIpc) is 2.35. The number of carbonyl (C=O) groups is 1. The van der Waals surface area contributed by atoms with Gasteiger partial charge in [0, 0.05) is 19.6 Å². The number of rotatable bonds is 5. The number of hydrogen-bond acceptors (Lipinski definition) is 3. The average molecular weight is 257 g/mol. The number of hydrogen-bond donors (Lipinski definition) is 1. The third-order valence-corrected chi connectivity index (χ3v) is 3.47. The summed E-state index contributed by atoms with van der Waals surface area (Å²) in [5.74, 6) is 0.211. The number of nitrogens with zero attached hydrogens (tertiary/aromatic N) is 2. The van der Waals surface area contributed by atoms with Crippen LogP contribution in [-0.4, -0.2) is 52.9 Å². The molecule has 1 unspecified atom stereocenters. The SMILES string of the molecule is CCN(CC(N)=S)C(C)C(=O)N1CCCCC1. The van der Waals surface area contributed by atoms with Crippen LogP contribution < -0.4 is 5.73 Å². The molecule has 98 valence electrons. The molecule has 1 rings (SSSR count). The predicted molar refractivity (Wildman–Crippen MR) is 73.9 cm³/mol. The molecule has 1 aliphatic rings. The zero-order valence-corrected chi connectivity index (χ0v) is 11.6. The third kappa shape index (κ3) is 4.24. The van der Waals surface area contributed by atoms with Crippen LogP contribution >= 0.6 is 12.2 Å². The molecule has 1 amide bonds. The van der Waals surface area contributed by atoms with Gasteiger partial charge in [-0.2, -0.15) is 0 Å². The highest BCUT2D eigenvalue weighted by Gasteiger charge is 2.26. The summed E-state index contributed by atoms with van der Waals surface area (Å²) in [5.41, 5.74) is 5.55. The molecule has 0 spiro atoms. The van der Waals surface area contributed by atoms with Gasteiger partial charge in [0.25, 0.3) is 0 Å². The van der Waals surface area contributed by atoms with Crippen LogP contribution in [0.15, 0.2) is 0 Å². The molecule has 1 saturated heterocycles. The van der Waals surface area contributed by atoms with Crippen molar-refractivity contribution < 1.29 is 4.79 Å². The molecule has 0 aromatic carbocycles. The quantitative estimate of drug-likeness (QED) is 0.746. The van der Waals surface area contributed by atoms with E-state index in [0.29, 0.717) is 11.5 Å². The summed E-state index contributed by atoms with van der Waals surface area (Å²) < 4.78 is 0. The molecule has 0 aromatic rings. The molecule has 0 saturated carbocycles. The van der Waals surface area contributed by atoms with Crippen molar-refractivity contribution in [1.29, 1.82) is 0 Å². The molecule has 1 aliphatic heterocycles. The molecule has 17 heavy (non-hydrogen) atoms. The Morgan fingerprint density at radius 3 is 2.47 bits per heavy atom. The lowest BCUT2D eigenvalue weighted by Crippen LogP contribution is -2.50.